The van der Waals surface area contributed by atoms with Gasteiger partial charge in [0, 0.05) is 17.8 Å². The van der Waals surface area contributed by atoms with Crippen LogP contribution in [0, 0.1) is 6.92 Å². The summed E-state index contributed by atoms with van der Waals surface area (Å²) in [6.45, 7) is 3.91. The average molecular weight is 311 g/mol. The average Bonchev–Trinajstić information content (AvgIpc) is 3.00. The molecule has 0 amide bonds. The highest BCUT2D eigenvalue weighted by Crippen LogP contribution is 2.29. The molecule has 0 spiro atoms. The number of esters is 1. The summed E-state index contributed by atoms with van der Waals surface area (Å²) >= 11 is 0. The third-order valence-electron chi connectivity index (χ3n) is 3.60. The number of benzene rings is 1. The van der Waals surface area contributed by atoms with E-state index in [0.29, 0.717) is 23.5 Å². The Labute approximate surface area is 133 Å². The van der Waals surface area contributed by atoms with E-state index < -0.39 is 5.97 Å². The lowest BCUT2D eigenvalue weighted by Gasteiger charge is -2.06. The van der Waals surface area contributed by atoms with E-state index in [1.165, 1.54) is 6.20 Å². The molecule has 0 unspecified atom stereocenters. The predicted octanol–water partition coefficient (Wildman–Crippen LogP) is 2.89. The van der Waals surface area contributed by atoms with Crippen molar-refractivity contribution in [2.45, 2.75) is 13.8 Å². The second-order valence-electron chi connectivity index (χ2n) is 4.98. The van der Waals surface area contributed by atoms with Crippen molar-refractivity contribution in [2.24, 2.45) is 0 Å². The van der Waals surface area contributed by atoms with Gasteiger partial charge in [0.05, 0.1) is 30.7 Å². The van der Waals surface area contributed by atoms with Gasteiger partial charge in [-0.3, -0.25) is 0 Å². The first-order valence-electron chi connectivity index (χ1n) is 7.31. The minimum Gasteiger partial charge on any atom is -0.496 e. The molecule has 0 atom stereocenters. The number of aromatic nitrogens is 3. The van der Waals surface area contributed by atoms with E-state index in [4.69, 9.17) is 9.47 Å². The van der Waals surface area contributed by atoms with Gasteiger partial charge in [0.1, 0.15) is 5.75 Å². The first-order valence-corrected chi connectivity index (χ1v) is 7.31. The van der Waals surface area contributed by atoms with Gasteiger partial charge < -0.3 is 9.47 Å². The molecule has 2 heterocycles. The van der Waals surface area contributed by atoms with Gasteiger partial charge in [0.15, 0.2) is 5.65 Å². The minimum atomic E-state index is -0.395. The topological polar surface area (TPSA) is 65.7 Å². The van der Waals surface area contributed by atoms with Crippen LogP contribution in [0.5, 0.6) is 5.75 Å². The van der Waals surface area contributed by atoms with Gasteiger partial charge in [0.25, 0.3) is 0 Å². The predicted molar refractivity (Wildman–Crippen MR) is 85.7 cm³/mol. The summed E-state index contributed by atoms with van der Waals surface area (Å²) in [5.41, 5.74) is 3.37. The van der Waals surface area contributed by atoms with E-state index in [9.17, 15) is 4.79 Å². The molecule has 3 rings (SSSR count). The summed E-state index contributed by atoms with van der Waals surface area (Å²) in [4.78, 5) is 16.3. The van der Waals surface area contributed by atoms with Crippen molar-refractivity contribution < 1.29 is 14.3 Å². The van der Waals surface area contributed by atoms with Gasteiger partial charge >= 0.3 is 5.97 Å². The van der Waals surface area contributed by atoms with Gasteiger partial charge in [0.2, 0.25) is 0 Å². The first kappa shape index (κ1) is 15.0. The molecule has 0 N–H and O–H groups in total. The molecule has 1 aromatic carbocycles. The second-order valence-corrected chi connectivity index (χ2v) is 4.98. The number of hydrogen-bond donors (Lipinski definition) is 0. The number of carbonyl (C=O) groups excluding carboxylic acids is 1. The Hall–Kier alpha value is -2.89. The molecule has 0 radical (unpaired) electrons. The molecule has 0 saturated carbocycles. The summed E-state index contributed by atoms with van der Waals surface area (Å²) in [6.07, 6.45) is 1.52. The molecule has 2 aromatic heterocycles. The maximum absolute atomic E-state index is 12.0. The van der Waals surface area contributed by atoms with Crippen molar-refractivity contribution in [1.29, 1.82) is 0 Å². The van der Waals surface area contributed by atoms with Crippen LogP contribution in [0.1, 0.15) is 23.0 Å². The monoisotopic (exact) mass is 311 g/mol. The van der Waals surface area contributed by atoms with Gasteiger partial charge in [-0.25, -0.2) is 14.3 Å². The minimum absolute atomic E-state index is 0.321. The van der Waals surface area contributed by atoms with E-state index in [-0.39, 0.29) is 0 Å². The van der Waals surface area contributed by atoms with Crippen LogP contribution < -0.4 is 4.74 Å². The first-order chi connectivity index (χ1) is 11.2. The van der Waals surface area contributed by atoms with Crippen molar-refractivity contribution in [3.63, 3.8) is 0 Å². The fraction of sp³-hybridized carbons (Fsp3) is 0.235. The van der Waals surface area contributed by atoms with E-state index in [1.54, 1.807) is 18.5 Å². The number of nitrogens with zero attached hydrogens (tertiary/aromatic N) is 3. The Balaban J connectivity index is 2.12. The van der Waals surface area contributed by atoms with Crippen LogP contribution >= 0.6 is 0 Å². The zero-order valence-corrected chi connectivity index (χ0v) is 13.2. The molecule has 0 aliphatic carbocycles. The summed E-state index contributed by atoms with van der Waals surface area (Å²) in [5, 5.41) is 4.56. The second kappa shape index (κ2) is 6.08. The molecule has 3 aromatic rings. The Bertz CT molecular complexity index is 871. The number of rotatable bonds is 4. The Morgan fingerprint density at radius 1 is 1.30 bits per heavy atom. The zero-order chi connectivity index (χ0) is 16.4. The number of aryl methyl sites for hydroxylation is 1. The normalized spacial score (nSPS) is 10.7. The van der Waals surface area contributed by atoms with Crippen LogP contribution in [0.3, 0.4) is 0 Å². The molecular formula is C17H17N3O3. The fourth-order valence-electron chi connectivity index (χ4n) is 2.45. The number of methoxy groups -OCH3 is 1. The molecule has 6 nitrogen and oxygen atoms in total. The maximum atomic E-state index is 12.0. The summed E-state index contributed by atoms with van der Waals surface area (Å²) in [6, 6.07) is 9.50. The van der Waals surface area contributed by atoms with E-state index >= 15 is 0 Å². The number of fused-ring (bicyclic) bond motifs is 1. The molecule has 0 saturated heterocycles. The van der Waals surface area contributed by atoms with E-state index in [2.05, 4.69) is 10.1 Å². The van der Waals surface area contributed by atoms with Crippen molar-refractivity contribution in [3.8, 4) is 17.0 Å². The van der Waals surface area contributed by atoms with Gasteiger partial charge in [-0.2, -0.15) is 5.10 Å². The third-order valence-corrected chi connectivity index (χ3v) is 3.60. The van der Waals surface area contributed by atoms with Crippen LogP contribution in [0.15, 0.2) is 36.5 Å². The number of para-hydroxylation sites is 1. The van der Waals surface area contributed by atoms with Crippen molar-refractivity contribution >= 4 is 11.6 Å². The zero-order valence-electron chi connectivity index (χ0n) is 13.2. The number of hydrogen-bond acceptors (Lipinski definition) is 5. The highest BCUT2D eigenvalue weighted by molar-refractivity contribution is 5.90. The van der Waals surface area contributed by atoms with Gasteiger partial charge in [-0.15, -0.1) is 0 Å². The summed E-state index contributed by atoms with van der Waals surface area (Å²) in [7, 11) is 1.62. The largest absolute Gasteiger partial charge is 0.496 e. The van der Waals surface area contributed by atoms with Crippen LogP contribution in [-0.2, 0) is 4.74 Å². The van der Waals surface area contributed by atoms with Crippen LogP contribution in [0.2, 0.25) is 0 Å². The molecule has 6 heteroatoms. The van der Waals surface area contributed by atoms with Crippen molar-refractivity contribution in [2.75, 3.05) is 13.7 Å². The molecule has 23 heavy (non-hydrogen) atoms. The Kier molecular flexibility index (Phi) is 3.97. The molecule has 0 fully saturated rings. The Morgan fingerprint density at radius 2 is 2.09 bits per heavy atom. The smallest absolute Gasteiger partial charge is 0.341 e. The third kappa shape index (κ3) is 2.63. The van der Waals surface area contributed by atoms with Crippen LogP contribution in [-0.4, -0.2) is 34.3 Å². The molecule has 0 aliphatic rings. The lowest BCUT2D eigenvalue weighted by atomic mass is 10.1. The summed E-state index contributed by atoms with van der Waals surface area (Å²) in [5.74, 6) is 0.341. The SMILES string of the molecule is CCOC(=O)c1cnc2cc(-c3ccccc3OC)nn2c1C. The number of carbonyl (C=O) groups is 1. The van der Waals surface area contributed by atoms with Crippen molar-refractivity contribution in [3.05, 3.63) is 47.8 Å². The highest BCUT2D eigenvalue weighted by Gasteiger charge is 2.16. The van der Waals surface area contributed by atoms with E-state index in [0.717, 1.165) is 17.0 Å². The lowest BCUT2D eigenvalue weighted by Crippen LogP contribution is -2.11. The standard InChI is InChI=1S/C17H17N3O3/c1-4-23-17(21)13-10-18-16-9-14(19-20(16)11(13)2)12-7-5-6-8-15(12)22-3/h5-10H,4H2,1-3H3. The maximum Gasteiger partial charge on any atom is 0.341 e. The Morgan fingerprint density at radius 3 is 2.83 bits per heavy atom. The van der Waals surface area contributed by atoms with E-state index in [1.807, 2.05) is 37.3 Å². The quantitative estimate of drug-likeness (QED) is 0.693. The van der Waals surface area contributed by atoms with Crippen LogP contribution in [0.4, 0.5) is 0 Å². The fourth-order valence-corrected chi connectivity index (χ4v) is 2.45. The highest BCUT2D eigenvalue weighted by atomic mass is 16.5. The molecule has 0 bridgehead atoms. The molecule has 0 aliphatic heterocycles. The van der Waals surface area contributed by atoms with Gasteiger partial charge in [-0.05, 0) is 26.0 Å². The molecule has 118 valence electrons. The summed E-state index contributed by atoms with van der Waals surface area (Å²) < 4.78 is 12.1. The lowest BCUT2D eigenvalue weighted by molar-refractivity contribution is 0.0524. The molecular weight excluding hydrogens is 294 g/mol. The number of ether oxygens (including phenoxy) is 2. The van der Waals surface area contributed by atoms with Crippen LogP contribution in [0.25, 0.3) is 16.9 Å². The van der Waals surface area contributed by atoms with Gasteiger partial charge in [-0.1, -0.05) is 12.1 Å². The van der Waals surface area contributed by atoms with Crippen molar-refractivity contribution in [1.82, 2.24) is 14.6 Å².